The lowest BCUT2D eigenvalue weighted by atomic mass is 10.1. The molecule has 5 nitrogen and oxygen atoms in total. The van der Waals surface area contributed by atoms with Gasteiger partial charge in [-0.05, 0) is 44.9 Å². The van der Waals surface area contributed by atoms with Crippen molar-refractivity contribution in [2.45, 2.75) is 39.8 Å². The van der Waals surface area contributed by atoms with E-state index in [1.165, 1.54) is 0 Å². The Morgan fingerprint density at radius 1 is 1.29 bits per heavy atom. The average molecular weight is 447 g/mol. The predicted molar refractivity (Wildman–Crippen MR) is 112 cm³/mol. The van der Waals surface area contributed by atoms with Crippen molar-refractivity contribution < 1.29 is 9.47 Å². The van der Waals surface area contributed by atoms with E-state index in [2.05, 4.69) is 49.0 Å². The number of nitrogens with one attached hydrogen (secondary N) is 2. The number of guanidine groups is 1. The molecule has 0 amide bonds. The van der Waals surface area contributed by atoms with Gasteiger partial charge in [-0.1, -0.05) is 6.08 Å². The van der Waals surface area contributed by atoms with E-state index in [-0.39, 0.29) is 24.0 Å². The van der Waals surface area contributed by atoms with Crippen LogP contribution in [0.5, 0.6) is 11.5 Å². The number of nitrogens with zero attached hydrogens (tertiary/aromatic N) is 1. The molecule has 0 aliphatic carbocycles. The van der Waals surface area contributed by atoms with Crippen LogP contribution in [0.25, 0.3) is 0 Å². The van der Waals surface area contributed by atoms with E-state index < -0.39 is 0 Å². The van der Waals surface area contributed by atoms with Crippen molar-refractivity contribution in [1.29, 1.82) is 0 Å². The monoisotopic (exact) mass is 447 g/mol. The van der Waals surface area contributed by atoms with Gasteiger partial charge in [0, 0.05) is 18.2 Å². The minimum atomic E-state index is 0. The summed E-state index contributed by atoms with van der Waals surface area (Å²) in [6, 6.07) is 4.38. The number of rotatable bonds is 8. The van der Waals surface area contributed by atoms with E-state index in [0.29, 0.717) is 12.6 Å². The molecule has 2 N–H and O–H groups in total. The Kier molecular flexibility index (Phi) is 11.3. The molecule has 6 heteroatoms. The molecule has 0 bridgehead atoms. The van der Waals surface area contributed by atoms with Gasteiger partial charge in [0.05, 0.1) is 20.8 Å². The molecule has 0 fully saturated rings. The van der Waals surface area contributed by atoms with E-state index >= 15 is 0 Å². The van der Waals surface area contributed by atoms with Gasteiger partial charge in [0.2, 0.25) is 0 Å². The van der Waals surface area contributed by atoms with Gasteiger partial charge in [0.25, 0.3) is 0 Å². The van der Waals surface area contributed by atoms with Crippen molar-refractivity contribution >= 4 is 29.9 Å². The Morgan fingerprint density at radius 3 is 2.50 bits per heavy atom. The van der Waals surface area contributed by atoms with Crippen molar-refractivity contribution in [2.24, 2.45) is 4.99 Å². The van der Waals surface area contributed by atoms with Crippen molar-refractivity contribution in [2.75, 3.05) is 20.8 Å². The van der Waals surface area contributed by atoms with Crippen LogP contribution < -0.4 is 20.1 Å². The van der Waals surface area contributed by atoms with E-state index in [1.807, 2.05) is 12.1 Å². The summed E-state index contributed by atoms with van der Waals surface area (Å²) in [5.74, 6) is 2.29. The second-order valence-electron chi connectivity index (χ2n) is 5.48. The van der Waals surface area contributed by atoms with Crippen LogP contribution in [0.2, 0.25) is 0 Å². The number of allylic oxidation sites excluding steroid dienone is 1. The molecule has 0 heterocycles. The van der Waals surface area contributed by atoms with Crippen LogP contribution in [0.15, 0.2) is 29.8 Å². The quantitative estimate of drug-likeness (QED) is 0.277. The van der Waals surface area contributed by atoms with Gasteiger partial charge in [-0.3, -0.25) is 0 Å². The van der Waals surface area contributed by atoms with Crippen molar-refractivity contribution in [3.8, 4) is 11.5 Å². The topological polar surface area (TPSA) is 54.9 Å². The van der Waals surface area contributed by atoms with Crippen molar-refractivity contribution in [3.05, 3.63) is 35.9 Å². The first kappa shape index (κ1) is 22.6. The van der Waals surface area contributed by atoms with Gasteiger partial charge in [-0.15, -0.1) is 30.6 Å². The summed E-state index contributed by atoms with van der Waals surface area (Å²) in [6.45, 7) is 11.4. The summed E-state index contributed by atoms with van der Waals surface area (Å²) in [6.07, 6.45) is 2.58. The molecule has 0 saturated carbocycles. The van der Waals surface area contributed by atoms with E-state index in [9.17, 15) is 0 Å². The Bertz CT molecular complexity index is 545. The largest absolute Gasteiger partial charge is 0.493 e. The summed E-state index contributed by atoms with van der Waals surface area (Å²) in [5.41, 5.74) is 2.12. The fourth-order valence-corrected chi connectivity index (χ4v) is 2.27. The Hall–Kier alpha value is -1.44. The van der Waals surface area contributed by atoms with Crippen molar-refractivity contribution in [1.82, 2.24) is 10.6 Å². The molecule has 0 spiro atoms. The van der Waals surface area contributed by atoms with Crippen LogP contribution in [0.3, 0.4) is 0 Å². The third-order valence-electron chi connectivity index (χ3n) is 3.17. The molecule has 0 aromatic heterocycles. The molecule has 0 aliphatic heterocycles. The normalized spacial score (nSPS) is 10.8. The van der Waals surface area contributed by atoms with Crippen LogP contribution in [0, 0.1) is 0 Å². The van der Waals surface area contributed by atoms with E-state index in [0.717, 1.165) is 41.6 Å². The highest BCUT2D eigenvalue weighted by atomic mass is 127. The fraction of sp³-hybridized carbons (Fsp3) is 0.500. The maximum atomic E-state index is 5.46. The molecular formula is C18H30IN3O2. The first-order valence-corrected chi connectivity index (χ1v) is 7.95. The lowest BCUT2D eigenvalue weighted by Gasteiger charge is -2.15. The maximum absolute atomic E-state index is 5.46. The Labute approximate surface area is 162 Å². The maximum Gasteiger partial charge on any atom is 0.191 e. The molecule has 1 rings (SSSR count). The zero-order chi connectivity index (χ0) is 17.2. The molecule has 0 atom stereocenters. The zero-order valence-corrected chi connectivity index (χ0v) is 17.6. The van der Waals surface area contributed by atoms with Gasteiger partial charge in [-0.2, -0.15) is 0 Å². The lowest BCUT2D eigenvalue weighted by Crippen LogP contribution is -2.41. The number of ether oxygens (including phenoxy) is 2. The minimum Gasteiger partial charge on any atom is -0.493 e. The highest BCUT2D eigenvalue weighted by Gasteiger charge is 2.11. The number of aliphatic imine (C=N–C) groups is 1. The number of hydrogen-bond donors (Lipinski definition) is 2. The summed E-state index contributed by atoms with van der Waals surface area (Å²) >= 11 is 0. The highest BCUT2D eigenvalue weighted by molar-refractivity contribution is 14.0. The zero-order valence-electron chi connectivity index (χ0n) is 15.3. The van der Waals surface area contributed by atoms with Gasteiger partial charge in [0.15, 0.2) is 17.5 Å². The Balaban J connectivity index is 0.00000529. The molecule has 0 saturated heterocycles. The molecule has 136 valence electrons. The summed E-state index contributed by atoms with van der Waals surface area (Å²) < 4.78 is 10.9. The second-order valence-corrected chi connectivity index (χ2v) is 5.48. The minimum absolute atomic E-state index is 0. The molecular weight excluding hydrogens is 417 g/mol. The summed E-state index contributed by atoms with van der Waals surface area (Å²) in [7, 11) is 3.30. The molecule has 0 unspecified atom stereocenters. The third kappa shape index (κ3) is 6.98. The first-order chi connectivity index (χ1) is 11.0. The van der Waals surface area contributed by atoms with E-state index in [1.54, 1.807) is 14.2 Å². The summed E-state index contributed by atoms with van der Waals surface area (Å²) in [5, 5.41) is 6.55. The molecule has 1 aromatic rings. The van der Waals surface area contributed by atoms with Crippen LogP contribution in [-0.4, -0.2) is 32.8 Å². The van der Waals surface area contributed by atoms with Crippen LogP contribution in [-0.2, 0) is 13.0 Å². The van der Waals surface area contributed by atoms with Gasteiger partial charge >= 0.3 is 0 Å². The first-order valence-electron chi connectivity index (χ1n) is 7.95. The molecule has 0 aliphatic rings. The molecule has 1 aromatic carbocycles. The van der Waals surface area contributed by atoms with Gasteiger partial charge in [0.1, 0.15) is 0 Å². The van der Waals surface area contributed by atoms with Crippen molar-refractivity contribution in [3.63, 3.8) is 0 Å². The van der Waals surface area contributed by atoms with E-state index in [4.69, 9.17) is 9.47 Å². The Morgan fingerprint density at radius 2 is 2.00 bits per heavy atom. The lowest BCUT2D eigenvalue weighted by molar-refractivity contribution is 0.352. The molecule has 24 heavy (non-hydrogen) atoms. The fourth-order valence-electron chi connectivity index (χ4n) is 2.27. The second kappa shape index (κ2) is 12.0. The van der Waals surface area contributed by atoms with Crippen LogP contribution in [0.1, 0.15) is 31.9 Å². The number of methoxy groups -OCH3 is 2. The number of benzene rings is 1. The van der Waals surface area contributed by atoms with Crippen LogP contribution in [0.4, 0.5) is 0 Å². The molecule has 0 radical (unpaired) electrons. The average Bonchev–Trinajstić information content (AvgIpc) is 2.52. The van der Waals surface area contributed by atoms with Gasteiger partial charge < -0.3 is 20.1 Å². The predicted octanol–water partition coefficient (Wildman–Crippen LogP) is 3.51. The number of halogens is 1. The number of hydrogen-bond acceptors (Lipinski definition) is 3. The summed E-state index contributed by atoms with van der Waals surface area (Å²) in [4.78, 5) is 4.63. The van der Waals surface area contributed by atoms with Gasteiger partial charge in [-0.25, -0.2) is 4.99 Å². The third-order valence-corrected chi connectivity index (χ3v) is 3.17. The highest BCUT2D eigenvalue weighted by Crippen LogP contribution is 2.33. The van der Waals surface area contributed by atoms with Crippen LogP contribution >= 0.6 is 24.0 Å². The SMILES string of the molecule is C=CCc1cc(CN=C(NCC)NC(C)C)cc(OC)c1OC.I. The smallest absolute Gasteiger partial charge is 0.191 e. The standard InChI is InChI=1S/C18H29N3O2.HI/c1-7-9-15-10-14(11-16(22-5)17(15)23-6)12-20-18(19-8-2)21-13(3)4;/h7,10-11,13H,1,8-9,12H2,2-6H3,(H2,19,20,21);1H.